The summed E-state index contributed by atoms with van der Waals surface area (Å²) in [6, 6.07) is 8.65. The van der Waals surface area contributed by atoms with Gasteiger partial charge in [-0.25, -0.2) is 0 Å². The fraction of sp³-hybridized carbons (Fsp3) is 0.625. The fourth-order valence-electron chi connectivity index (χ4n) is 2.70. The Hall–Kier alpha value is -0.900. The number of nitrogens with zero attached hydrogens (tertiary/aromatic N) is 1. The maximum Gasteiger partial charge on any atom is 0.0870 e. The molecule has 1 fully saturated rings. The zero-order valence-corrected chi connectivity index (χ0v) is 12.5. The first-order valence-corrected chi connectivity index (χ1v) is 7.01. The number of hydrogen-bond donors (Lipinski definition) is 2. The van der Waals surface area contributed by atoms with E-state index in [1.807, 2.05) is 6.92 Å². The zero-order chi connectivity index (χ0) is 14.1. The Labute approximate surface area is 116 Å². The van der Waals surface area contributed by atoms with Crippen LogP contribution in [0.2, 0.25) is 0 Å². The number of hydrogen-bond acceptors (Lipinski definition) is 3. The molecule has 0 aromatic heterocycles. The van der Waals surface area contributed by atoms with Crippen LogP contribution >= 0.6 is 0 Å². The van der Waals surface area contributed by atoms with E-state index in [4.69, 9.17) is 0 Å². The summed E-state index contributed by atoms with van der Waals surface area (Å²) in [5.41, 5.74) is 1.96. The summed E-state index contributed by atoms with van der Waals surface area (Å²) in [4.78, 5) is 2.34. The maximum atomic E-state index is 10.4. The second-order valence-electron chi connectivity index (χ2n) is 6.87. The lowest BCUT2D eigenvalue weighted by Crippen LogP contribution is -2.47. The normalized spacial score (nSPS) is 28.1. The number of β-amino-alcohol motifs (C(OH)–C–C–N with tert-alkyl or cyclic N) is 1. The Morgan fingerprint density at radius 1 is 1.16 bits per heavy atom. The Kier molecular flexibility index (Phi) is 4.00. The smallest absolute Gasteiger partial charge is 0.0870 e. The van der Waals surface area contributed by atoms with Crippen molar-refractivity contribution in [2.24, 2.45) is 0 Å². The van der Waals surface area contributed by atoms with Gasteiger partial charge in [-0.05, 0) is 33.3 Å². The molecule has 19 heavy (non-hydrogen) atoms. The summed E-state index contributed by atoms with van der Waals surface area (Å²) in [6.07, 6.45) is 0. The van der Waals surface area contributed by atoms with Crippen LogP contribution in [0, 0.1) is 6.92 Å². The molecule has 2 N–H and O–H groups in total. The van der Waals surface area contributed by atoms with Gasteiger partial charge in [0.1, 0.15) is 0 Å². The summed E-state index contributed by atoms with van der Waals surface area (Å²) in [6.45, 7) is 11.6. The molecule has 1 unspecified atom stereocenters. The number of aliphatic hydroxyl groups is 1. The Morgan fingerprint density at radius 2 is 1.79 bits per heavy atom. The molecule has 0 saturated carbocycles. The summed E-state index contributed by atoms with van der Waals surface area (Å²) >= 11 is 0. The average molecular weight is 262 g/mol. The molecule has 3 heteroatoms. The molecular formula is C16H26N2O. The van der Waals surface area contributed by atoms with Crippen molar-refractivity contribution in [2.75, 3.05) is 19.6 Å². The van der Waals surface area contributed by atoms with Crippen LogP contribution in [0.15, 0.2) is 24.3 Å². The van der Waals surface area contributed by atoms with E-state index in [2.05, 4.69) is 55.3 Å². The van der Waals surface area contributed by atoms with Gasteiger partial charge in [-0.3, -0.25) is 4.90 Å². The predicted molar refractivity (Wildman–Crippen MR) is 79.2 cm³/mol. The van der Waals surface area contributed by atoms with Gasteiger partial charge in [-0.1, -0.05) is 29.8 Å². The topological polar surface area (TPSA) is 35.5 Å². The highest BCUT2D eigenvalue weighted by Crippen LogP contribution is 2.19. The minimum Gasteiger partial charge on any atom is -0.388 e. The summed E-state index contributed by atoms with van der Waals surface area (Å²) in [5, 5.41) is 13.8. The van der Waals surface area contributed by atoms with Crippen LogP contribution in [0.5, 0.6) is 0 Å². The number of rotatable bonds is 2. The van der Waals surface area contributed by atoms with Crippen LogP contribution in [0.4, 0.5) is 0 Å². The van der Waals surface area contributed by atoms with Crippen LogP contribution in [0.3, 0.4) is 0 Å². The second kappa shape index (κ2) is 5.23. The van der Waals surface area contributed by atoms with Gasteiger partial charge in [0, 0.05) is 31.7 Å². The largest absolute Gasteiger partial charge is 0.388 e. The highest BCUT2D eigenvalue weighted by molar-refractivity contribution is 5.21. The molecule has 1 atom stereocenters. The molecule has 1 aromatic rings. The van der Waals surface area contributed by atoms with Gasteiger partial charge in [0.2, 0.25) is 0 Å². The molecule has 1 aliphatic rings. The summed E-state index contributed by atoms with van der Waals surface area (Å²) < 4.78 is 0. The van der Waals surface area contributed by atoms with Gasteiger partial charge in [0.05, 0.1) is 5.60 Å². The molecule has 1 heterocycles. The average Bonchev–Trinajstić information content (AvgIpc) is 2.38. The van der Waals surface area contributed by atoms with E-state index in [0.717, 1.165) is 13.1 Å². The van der Waals surface area contributed by atoms with Gasteiger partial charge in [-0.2, -0.15) is 0 Å². The molecule has 0 bridgehead atoms. The molecule has 3 nitrogen and oxygen atoms in total. The van der Waals surface area contributed by atoms with Gasteiger partial charge in [0.25, 0.3) is 0 Å². The fourth-order valence-corrected chi connectivity index (χ4v) is 2.70. The highest BCUT2D eigenvalue weighted by atomic mass is 16.3. The Morgan fingerprint density at radius 3 is 2.42 bits per heavy atom. The molecule has 0 amide bonds. The van der Waals surface area contributed by atoms with Crippen molar-refractivity contribution in [3.8, 4) is 0 Å². The molecule has 2 rings (SSSR count). The lowest BCUT2D eigenvalue weighted by Gasteiger charge is -2.30. The number of aryl methyl sites for hydroxylation is 1. The Bertz CT molecular complexity index is 405. The van der Waals surface area contributed by atoms with Gasteiger partial charge in [-0.15, -0.1) is 0 Å². The molecule has 1 aromatic carbocycles. The third-order valence-electron chi connectivity index (χ3n) is 3.66. The van der Waals surface area contributed by atoms with Crippen molar-refractivity contribution in [2.45, 2.75) is 45.4 Å². The van der Waals surface area contributed by atoms with Crippen LogP contribution in [0.1, 0.15) is 31.9 Å². The molecule has 1 aliphatic heterocycles. The number of benzene rings is 1. The third-order valence-corrected chi connectivity index (χ3v) is 3.66. The lowest BCUT2D eigenvalue weighted by molar-refractivity contribution is 0.0321. The second-order valence-corrected chi connectivity index (χ2v) is 6.87. The summed E-state index contributed by atoms with van der Waals surface area (Å²) in [5.74, 6) is 0. The van der Waals surface area contributed by atoms with E-state index in [1.165, 1.54) is 11.1 Å². The molecular weight excluding hydrogens is 236 g/mol. The first-order valence-electron chi connectivity index (χ1n) is 7.01. The third kappa shape index (κ3) is 4.30. The monoisotopic (exact) mass is 262 g/mol. The lowest BCUT2D eigenvalue weighted by atomic mass is 10.1. The minimum absolute atomic E-state index is 0.0329. The van der Waals surface area contributed by atoms with Crippen molar-refractivity contribution in [1.29, 1.82) is 0 Å². The zero-order valence-electron chi connectivity index (χ0n) is 12.5. The van der Waals surface area contributed by atoms with Crippen molar-refractivity contribution in [1.82, 2.24) is 10.2 Å². The number of nitrogens with one attached hydrogen (secondary N) is 1. The standard InChI is InChI=1S/C16H26N2O/c1-13-5-7-14(8-6-13)9-18-11-15(2,3)17-10-16(4,19)12-18/h5-8,17,19H,9-12H2,1-4H3. The quantitative estimate of drug-likeness (QED) is 0.855. The van der Waals surface area contributed by atoms with Crippen molar-refractivity contribution in [3.05, 3.63) is 35.4 Å². The molecule has 0 spiro atoms. The van der Waals surface area contributed by atoms with E-state index in [0.29, 0.717) is 13.1 Å². The van der Waals surface area contributed by atoms with E-state index < -0.39 is 5.60 Å². The van der Waals surface area contributed by atoms with Gasteiger partial charge < -0.3 is 10.4 Å². The van der Waals surface area contributed by atoms with Crippen molar-refractivity contribution >= 4 is 0 Å². The first kappa shape index (κ1) is 14.5. The van der Waals surface area contributed by atoms with Gasteiger partial charge >= 0.3 is 0 Å². The molecule has 0 radical (unpaired) electrons. The van der Waals surface area contributed by atoms with E-state index in [-0.39, 0.29) is 5.54 Å². The van der Waals surface area contributed by atoms with E-state index in [1.54, 1.807) is 0 Å². The summed E-state index contributed by atoms with van der Waals surface area (Å²) in [7, 11) is 0. The molecule has 106 valence electrons. The maximum absolute atomic E-state index is 10.4. The van der Waals surface area contributed by atoms with Crippen LogP contribution < -0.4 is 5.32 Å². The SMILES string of the molecule is Cc1ccc(CN2CC(C)(O)CNC(C)(C)C2)cc1. The van der Waals surface area contributed by atoms with Crippen LogP contribution in [-0.4, -0.2) is 40.8 Å². The van der Waals surface area contributed by atoms with E-state index >= 15 is 0 Å². The van der Waals surface area contributed by atoms with Crippen LogP contribution in [0.25, 0.3) is 0 Å². The first-order chi connectivity index (χ1) is 8.76. The van der Waals surface area contributed by atoms with Crippen LogP contribution in [-0.2, 0) is 6.54 Å². The predicted octanol–water partition coefficient (Wildman–Crippen LogP) is 1.93. The Balaban J connectivity index is 2.10. The van der Waals surface area contributed by atoms with Crippen molar-refractivity contribution < 1.29 is 5.11 Å². The minimum atomic E-state index is -0.668. The van der Waals surface area contributed by atoms with E-state index in [9.17, 15) is 5.11 Å². The molecule has 1 saturated heterocycles. The molecule has 0 aliphatic carbocycles. The van der Waals surface area contributed by atoms with Gasteiger partial charge in [0.15, 0.2) is 0 Å². The van der Waals surface area contributed by atoms with Crippen molar-refractivity contribution in [3.63, 3.8) is 0 Å². The highest BCUT2D eigenvalue weighted by Gasteiger charge is 2.33.